The second kappa shape index (κ2) is 4.78. The first-order chi connectivity index (χ1) is 6.59. The topological polar surface area (TPSA) is 40.6 Å². The maximum atomic E-state index is 11.8. The molecule has 1 saturated heterocycles. The van der Waals surface area contributed by atoms with E-state index >= 15 is 0 Å². The largest absolute Gasteiger partial charge is 0.282 e. The Bertz CT molecular complexity index is 312. The van der Waals surface area contributed by atoms with Crippen LogP contribution in [-0.4, -0.2) is 43.7 Å². The molecular weight excluding hydrogens is 200 g/mol. The predicted molar refractivity (Wildman–Crippen MR) is 55.8 cm³/mol. The second-order valence-electron chi connectivity index (χ2n) is 3.43. The van der Waals surface area contributed by atoms with Crippen LogP contribution < -0.4 is 0 Å². The van der Waals surface area contributed by atoms with E-state index in [9.17, 15) is 8.42 Å². The summed E-state index contributed by atoms with van der Waals surface area (Å²) in [7, 11) is -1.78. The zero-order valence-corrected chi connectivity index (χ0v) is 9.26. The molecule has 0 aromatic rings. The molecule has 1 rings (SSSR count). The Morgan fingerprint density at radius 2 is 1.93 bits per heavy atom. The Kier molecular flexibility index (Phi) is 3.93. The van der Waals surface area contributed by atoms with Gasteiger partial charge in [0.25, 0.3) is 10.2 Å². The first kappa shape index (κ1) is 11.5. The lowest BCUT2D eigenvalue weighted by atomic mass is 10.2. The van der Waals surface area contributed by atoms with Crippen LogP contribution in [0.5, 0.6) is 0 Å². The third-order valence-electron chi connectivity index (χ3n) is 2.35. The van der Waals surface area contributed by atoms with Gasteiger partial charge in [-0.15, -0.1) is 6.42 Å². The van der Waals surface area contributed by atoms with E-state index in [1.165, 1.54) is 15.7 Å². The number of nitrogens with zero attached hydrogens (tertiary/aromatic N) is 2. The van der Waals surface area contributed by atoms with Crippen LogP contribution in [0.4, 0.5) is 0 Å². The van der Waals surface area contributed by atoms with Gasteiger partial charge in [-0.2, -0.15) is 17.0 Å². The maximum Gasteiger partial charge on any atom is 0.282 e. The third-order valence-corrected chi connectivity index (χ3v) is 4.28. The van der Waals surface area contributed by atoms with E-state index in [4.69, 9.17) is 6.42 Å². The number of rotatable bonds is 3. The fraction of sp³-hybridized carbons (Fsp3) is 0.778. The zero-order valence-electron chi connectivity index (χ0n) is 8.44. The van der Waals surface area contributed by atoms with Crippen molar-refractivity contribution in [2.45, 2.75) is 19.3 Å². The summed E-state index contributed by atoms with van der Waals surface area (Å²) in [5, 5.41) is 0. The third kappa shape index (κ3) is 2.47. The molecule has 1 aliphatic rings. The van der Waals surface area contributed by atoms with Gasteiger partial charge in [-0.05, 0) is 12.8 Å². The molecule has 0 aromatic heterocycles. The van der Waals surface area contributed by atoms with Crippen LogP contribution in [0.3, 0.4) is 0 Å². The molecule has 0 unspecified atom stereocenters. The quantitative estimate of drug-likeness (QED) is 0.636. The first-order valence-corrected chi connectivity index (χ1v) is 6.13. The Morgan fingerprint density at radius 3 is 2.43 bits per heavy atom. The summed E-state index contributed by atoms with van der Waals surface area (Å²) in [6.07, 6.45) is 8.09. The molecule has 1 heterocycles. The summed E-state index contributed by atoms with van der Waals surface area (Å²) in [5.41, 5.74) is 0. The number of terminal acetylenes is 1. The second-order valence-corrected chi connectivity index (χ2v) is 5.46. The lowest BCUT2D eigenvalue weighted by molar-refractivity contribution is 0.321. The van der Waals surface area contributed by atoms with Crippen LogP contribution in [0.25, 0.3) is 0 Å². The van der Waals surface area contributed by atoms with E-state index in [0.717, 1.165) is 19.3 Å². The van der Waals surface area contributed by atoms with E-state index < -0.39 is 10.2 Å². The van der Waals surface area contributed by atoms with Crippen molar-refractivity contribution in [3.8, 4) is 12.3 Å². The highest BCUT2D eigenvalue weighted by Crippen LogP contribution is 2.14. The molecule has 0 radical (unpaired) electrons. The molecule has 0 atom stereocenters. The first-order valence-electron chi connectivity index (χ1n) is 4.74. The molecule has 0 N–H and O–H groups in total. The fourth-order valence-electron chi connectivity index (χ4n) is 1.50. The molecule has 0 aromatic carbocycles. The van der Waals surface area contributed by atoms with E-state index in [1.807, 2.05) is 0 Å². The number of hydrogen-bond acceptors (Lipinski definition) is 2. The molecule has 0 aliphatic carbocycles. The van der Waals surface area contributed by atoms with Gasteiger partial charge in [0.05, 0.1) is 6.54 Å². The Morgan fingerprint density at radius 1 is 1.36 bits per heavy atom. The van der Waals surface area contributed by atoms with E-state index in [1.54, 1.807) is 0 Å². The van der Waals surface area contributed by atoms with Gasteiger partial charge < -0.3 is 0 Å². The van der Waals surface area contributed by atoms with Crippen molar-refractivity contribution in [1.82, 2.24) is 8.61 Å². The van der Waals surface area contributed by atoms with Crippen LogP contribution in [0.1, 0.15) is 19.3 Å². The number of hydrogen-bond donors (Lipinski definition) is 0. The summed E-state index contributed by atoms with van der Waals surface area (Å²) in [4.78, 5) is 0. The van der Waals surface area contributed by atoms with E-state index in [-0.39, 0.29) is 6.54 Å². The minimum absolute atomic E-state index is 0.138. The average molecular weight is 216 g/mol. The van der Waals surface area contributed by atoms with Crippen LogP contribution in [0.15, 0.2) is 0 Å². The van der Waals surface area contributed by atoms with Gasteiger partial charge in [0.2, 0.25) is 0 Å². The highest BCUT2D eigenvalue weighted by atomic mass is 32.2. The van der Waals surface area contributed by atoms with Crippen LogP contribution >= 0.6 is 0 Å². The predicted octanol–water partition coefficient (Wildman–Crippen LogP) is 0.282. The van der Waals surface area contributed by atoms with Gasteiger partial charge in [0.15, 0.2) is 0 Å². The lowest BCUT2D eigenvalue weighted by Gasteiger charge is -2.29. The van der Waals surface area contributed by atoms with Gasteiger partial charge in [-0.3, -0.25) is 0 Å². The van der Waals surface area contributed by atoms with Gasteiger partial charge in [-0.1, -0.05) is 12.3 Å². The monoisotopic (exact) mass is 216 g/mol. The Hall–Kier alpha value is -0.570. The highest BCUT2D eigenvalue weighted by Gasteiger charge is 2.27. The molecule has 0 saturated carbocycles. The molecule has 0 bridgehead atoms. The minimum Gasteiger partial charge on any atom is -0.195 e. The number of piperidine rings is 1. The van der Waals surface area contributed by atoms with Crippen molar-refractivity contribution in [3.63, 3.8) is 0 Å². The SMILES string of the molecule is C#CCN(C)S(=O)(=O)N1CCCCC1. The Balaban J connectivity index is 2.68. The van der Waals surface area contributed by atoms with Gasteiger partial charge in [0.1, 0.15) is 0 Å². The van der Waals surface area contributed by atoms with E-state index in [2.05, 4.69) is 5.92 Å². The average Bonchev–Trinajstić information content (AvgIpc) is 2.19. The molecule has 0 spiro atoms. The van der Waals surface area contributed by atoms with Crippen molar-refractivity contribution in [2.75, 3.05) is 26.7 Å². The molecular formula is C9H16N2O2S. The normalized spacial score (nSPS) is 19.5. The smallest absolute Gasteiger partial charge is 0.195 e. The van der Waals surface area contributed by atoms with Crippen molar-refractivity contribution >= 4 is 10.2 Å². The lowest BCUT2D eigenvalue weighted by Crippen LogP contribution is -2.44. The van der Waals surface area contributed by atoms with Gasteiger partial charge >= 0.3 is 0 Å². The molecule has 4 nitrogen and oxygen atoms in total. The van der Waals surface area contributed by atoms with Crippen LogP contribution in [-0.2, 0) is 10.2 Å². The molecule has 1 fully saturated rings. The summed E-state index contributed by atoms with van der Waals surface area (Å²) in [6.45, 7) is 1.38. The van der Waals surface area contributed by atoms with Crippen molar-refractivity contribution in [1.29, 1.82) is 0 Å². The summed E-state index contributed by atoms with van der Waals surface area (Å²) in [5.74, 6) is 2.33. The molecule has 5 heteroatoms. The molecule has 80 valence electrons. The summed E-state index contributed by atoms with van der Waals surface area (Å²) in [6, 6.07) is 0. The van der Waals surface area contributed by atoms with Gasteiger partial charge in [-0.25, -0.2) is 0 Å². The van der Waals surface area contributed by atoms with E-state index in [0.29, 0.717) is 13.1 Å². The van der Waals surface area contributed by atoms with Crippen LogP contribution in [0, 0.1) is 12.3 Å². The van der Waals surface area contributed by atoms with Crippen molar-refractivity contribution in [2.24, 2.45) is 0 Å². The zero-order chi connectivity index (χ0) is 10.6. The molecule has 1 aliphatic heterocycles. The Labute approximate surface area is 86.1 Å². The van der Waals surface area contributed by atoms with Crippen molar-refractivity contribution < 1.29 is 8.42 Å². The standard InChI is InChI=1S/C9H16N2O2S/c1-3-7-10(2)14(12,13)11-8-5-4-6-9-11/h1H,4-9H2,2H3. The minimum atomic E-state index is -3.30. The fourth-order valence-corrected chi connectivity index (χ4v) is 2.85. The maximum absolute atomic E-state index is 11.8. The summed E-state index contributed by atoms with van der Waals surface area (Å²) < 4.78 is 26.4. The van der Waals surface area contributed by atoms with Gasteiger partial charge in [0, 0.05) is 20.1 Å². The summed E-state index contributed by atoms with van der Waals surface area (Å²) >= 11 is 0. The molecule has 0 amide bonds. The van der Waals surface area contributed by atoms with Crippen LogP contribution in [0.2, 0.25) is 0 Å². The molecule has 14 heavy (non-hydrogen) atoms. The van der Waals surface area contributed by atoms with Crippen molar-refractivity contribution in [3.05, 3.63) is 0 Å². The highest BCUT2D eigenvalue weighted by molar-refractivity contribution is 7.86.